The second-order valence-corrected chi connectivity index (χ2v) is 5.58. The van der Waals surface area contributed by atoms with E-state index in [1.54, 1.807) is 0 Å². The molecule has 1 N–H and O–H groups in total. The van der Waals surface area contributed by atoms with Crippen LogP contribution in [0.5, 0.6) is 0 Å². The van der Waals surface area contributed by atoms with Gasteiger partial charge in [-0.2, -0.15) is 5.10 Å². The van der Waals surface area contributed by atoms with Gasteiger partial charge in [0.15, 0.2) is 0 Å². The number of fused-ring (bicyclic) bond motifs is 2. The highest BCUT2D eigenvalue weighted by Crippen LogP contribution is 2.21. The fraction of sp³-hybridized carbons (Fsp3) is 0.769. The van der Waals surface area contributed by atoms with E-state index in [0.29, 0.717) is 0 Å². The predicted octanol–water partition coefficient (Wildman–Crippen LogP) is 1.48. The number of rotatable bonds is 2. The second-order valence-electron chi connectivity index (χ2n) is 5.58. The third-order valence-corrected chi connectivity index (χ3v) is 4.12. The van der Waals surface area contributed by atoms with E-state index in [1.165, 1.54) is 43.6 Å². The van der Waals surface area contributed by atoms with Crippen LogP contribution in [0.2, 0.25) is 0 Å². The Labute approximate surface area is 115 Å². The van der Waals surface area contributed by atoms with Crippen molar-refractivity contribution >= 4 is 12.4 Å². The molecule has 0 aromatic carbocycles. The molecular formula is C13H23ClN4. The molecule has 102 valence electrons. The zero-order valence-corrected chi connectivity index (χ0v) is 12.0. The molecule has 2 atom stereocenters. The maximum Gasteiger partial charge on any atom is 0.0638 e. The Morgan fingerprint density at radius 1 is 1.33 bits per heavy atom. The molecule has 0 saturated carbocycles. The number of nitrogens with zero attached hydrogens (tertiary/aromatic N) is 3. The van der Waals surface area contributed by atoms with E-state index in [2.05, 4.69) is 28.4 Å². The molecule has 0 radical (unpaired) electrons. The maximum absolute atomic E-state index is 4.42. The number of likely N-dealkylation sites (tertiary alicyclic amines) is 1. The van der Waals surface area contributed by atoms with Crippen LogP contribution in [0, 0.1) is 6.92 Å². The van der Waals surface area contributed by atoms with Crippen LogP contribution in [0.4, 0.5) is 0 Å². The molecule has 0 spiro atoms. The molecule has 0 amide bonds. The van der Waals surface area contributed by atoms with Gasteiger partial charge in [0.2, 0.25) is 0 Å². The average molecular weight is 271 g/mol. The number of hydrogen-bond acceptors (Lipinski definition) is 3. The Kier molecular flexibility index (Phi) is 4.30. The number of halogens is 1. The Balaban J connectivity index is 0.00000120. The lowest BCUT2D eigenvalue weighted by molar-refractivity contribution is 0.250. The summed E-state index contributed by atoms with van der Waals surface area (Å²) in [6, 6.07) is 1.50. The second kappa shape index (κ2) is 5.59. The number of hydrogen-bond donors (Lipinski definition) is 1. The lowest BCUT2D eigenvalue weighted by Gasteiger charge is -2.23. The van der Waals surface area contributed by atoms with Crippen molar-refractivity contribution in [3.63, 3.8) is 0 Å². The van der Waals surface area contributed by atoms with Gasteiger partial charge in [-0.3, -0.25) is 9.58 Å². The number of aromatic nitrogens is 2. The zero-order valence-electron chi connectivity index (χ0n) is 11.2. The molecule has 2 unspecified atom stereocenters. The molecule has 4 nitrogen and oxygen atoms in total. The third-order valence-electron chi connectivity index (χ3n) is 4.12. The van der Waals surface area contributed by atoms with Gasteiger partial charge in [-0.25, -0.2) is 0 Å². The lowest BCUT2D eigenvalue weighted by atomic mass is 10.1. The van der Waals surface area contributed by atoms with Crippen LogP contribution in [0.1, 0.15) is 30.5 Å². The van der Waals surface area contributed by atoms with Crippen molar-refractivity contribution in [3.05, 3.63) is 17.5 Å². The Bertz CT molecular complexity index is 404. The molecular weight excluding hydrogens is 248 g/mol. The van der Waals surface area contributed by atoms with Crippen LogP contribution in [0.3, 0.4) is 0 Å². The zero-order chi connectivity index (χ0) is 11.8. The molecule has 5 heteroatoms. The van der Waals surface area contributed by atoms with Gasteiger partial charge in [0.1, 0.15) is 0 Å². The van der Waals surface area contributed by atoms with Gasteiger partial charge in [-0.05, 0) is 26.2 Å². The highest BCUT2D eigenvalue weighted by molar-refractivity contribution is 5.85. The van der Waals surface area contributed by atoms with Crippen LogP contribution < -0.4 is 5.32 Å². The maximum atomic E-state index is 4.42. The van der Waals surface area contributed by atoms with E-state index >= 15 is 0 Å². The molecule has 18 heavy (non-hydrogen) atoms. The minimum atomic E-state index is 0. The Hall–Kier alpha value is -0.580. The summed E-state index contributed by atoms with van der Waals surface area (Å²) < 4.78 is 1.92. The molecule has 0 aliphatic carbocycles. The summed E-state index contributed by atoms with van der Waals surface area (Å²) in [4.78, 5) is 2.58. The van der Waals surface area contributed by atoms with Crippen molar-refractivity contribution in [1.82, 2.24) is 20.0 Å². The van der Waals surface area contributed by atoms with Crippen LogP contribution in [-0.4, -0.2) is 39.9 Å². The van der Waals surface area contributed by atoms with E-state index in [9.17, 15) is 0 Å². The first-order chi connectivity index (χ1) is 8.20. The Morgan fingerprint density at radius 2 is 2.11 bits per heavy atom. The van der Waals surface area contributed by atoms with E-state index in [4.69, 9.17) is 0 Å². The summed E-state index contributed by atoms with van der Waals surface area (Å²) in [7, 11) is 2.00. The van der Waals surface area contributed by atoms with Gasteiger partial charge in [0.05, 0.1) is 5.69 Å². The largest absolute Gasteiger partial charge is 0.310 e. The number of aryl methyl sites for hydroxylation is 2. The normalized spacial score (nSPS) is 27.9. The summed E-state index contributed by atoms with van der Waals surface area (Å²) in [5, 5.41) is 8.15. The van der Waals surface area contributed by atoms with Crippen molar-refractivity contribution in [3.8, 4) is 0 Å². The van der Waals surface area contributed by atoms with E-state index in [-0.39, 0.29) is 12.4 Å². The summed E-state index contributed by atoms with van der Waals surface area (Å²) in [5.41, 5.74) is 2.56. The molecule has 2 saturated heterocycles. The highest BCUT2D eigenvalue weighted by Gasteiger charge is 2.29. The summed E-state index contributed by atoms with van der Waals surface area (Å²) in [6.07, 6.45) is 6.19. The van der Waals surface area contributed by atoms with Crippen molar-refractivity contribution in [2.45, 2.75) is 44.8 Å². The monoisotopic (exact) mass is 270 g/mol. The van der Waals surface area contributed by atoms with Crippen molar-refractivity contribution in [2.75, 3.05) is 13.1 Å². The van der Waals surface area contributed by atoms with Crippen molar-refractivity contribution in [1.29, 1.82) is 0 Å². The topological polar surface area (TPSA) is 33.1 Å². The van der Waals surface area contributed by atoms with Gasteiger partial charge >= 0.3 is 0 Å². The van der Waals surface area contributed by atoms with Crippen LogP contribution >= 0.6 is 12.4 Å². The standard InChI is InChI=1S/C13H22N4.ClH/c1-10-11(7-16(2)15-10)8-17-6-5-12-3-4-13(9-17)14-12;/h7,12-14H,3-6,8-9H2,1-2H3;1H. The highest BCUT2D eigenvalue weighted by atomic mass is 35.5. The fourth-order valence-corrected chi connectivity index (χ4v) is 3.20. The van der Waals surface area contributed by atoms with Gasteiger partial charge in [-0.1, -0.05) is 0 Å². The molecule has 2 bridgehead atoms. The van der Waals surface area contributed by atoms with E-state index < -0.39 is 0 Å². The van der Waals surface area contributed by atoms with Crippen LogP contribution in [-0.2, 0) is 13.6 Å². The van der Waals surface area contributed by atoms with Gasteiger partial charge in [0, 0.05) is 50.5 Å². The third kappa shape index (κ3) is 2.87. The summed E-state index contributed by atoms with van der Waals surface area (Å²) in [6.45, 7) is 5.59. The first-order valence-corrected chi connectivity index (χ1v) is 6.68. The molecule has 2 fully saturated rings. The molecule has 3 heterocycles. The van der Waals surface area contributed by atoms with Crippen molar-refractivity contribution in [2.24, 2.45) is 7.05 Å². The molecule has 1 aromatic rings. The van der Waals surface area contributed by atoms with Crippen LogP contribution in [0.25, 0.3) is 0 Å². The van der Waals surface area contributed by atoms with Gasteiger partial charge in [-0.15, -0.1) is 12.4 Å². The van der Waals surface area contributed by atoms with Crippen LogP contribution in [0.15, 0.2) is 6.20 Å². The fourth-order valence-electron chi connectivity index (χ4n) is 3.20. The van der Waals surface area contributed by atoms with E-state index in [0.717, 1.165) is 18.6 Å². The summed E-state index contributed by atoms with van der Waals surface area (Å²) in [5.74, 6) is 0. The smallest absolute Gasteiger partial charge is 0.0638 e. The first-order valence-electron chi connectivity index (χ1n) is 6.68. The minimum Gasteiger partial charge on any atom is -0.310 e. The summed E-state index contributed by atoms with van der Waals surface area (Å²) >= 11 is 0. The lowest BCUT2D eigenvalue weighted by Crippen LogP contribution is -2.35. The first kappa shape index (κ1) is 13.8. The minimum absolute atomic E-state index is 0. The SMILES string of the molecule is Cc1nn(C)cc1CN1CCC2CCC(C1)N2.Cl. The molecule has 3 rings (SSSR count). The van der Waals surface area contributed by atoms with Crippen molar-refractivity contribution < 1.29 is 0 Å². The van der Waals surface area contributed by atoms with Gasteiger partial charge < -0.3 is 5.32 Å². The van der Waals surface area contributed by atoms with E-state index in [1.807, 2.05) is 11.7 Å². The van der Waals surface area contributed by atoms with Gasteiger partial charge in [0.25, 0.3) is 0 Å². The molecule has 2 aliphatic heterocycles. The average Bonchev–Trinajstić information content (AvgIpc) is 2.75. The number of nitrogens with one attached hydrogen (secondary N) is 1. The molecule has 2 aliphatic rings. The predicted molar refractivity (Wildman–Crippen MR) is 75.0 cm³/mol. The quantitative estimate of drug-likeness (QED) is 0.884. The molecule has 1 aromatic heterocycles. The Morgan fingerprint density at radius 3 is 2.83 bits per heavy atom.